The molecule has 0 aromatic carbocycles. The van der Waals surface area contributed by atoms with Crippen molar-refractivity contribution in [2.45, 2.75) is 12.8 Å². The number of hydrogen-bond donors (Lipinski definition) is 1. The van der Waals surface area contributed by atoms with Gasteiger partial charge in [-0.1, -0.05) is 0 Å². The summed E-state index contributed by atoms with van der Waals surface area (Å²) in [7, 11) is 1.39. The Morgan fingerprint density at radius 2 is 2.26 bits per heavy atom. The van der Waals surface area contributed by atoms with Gasteiger partial charge in [0.25, 0.3) is 5.91 Å². The lowest BCUT2D eigenvalue weighted by Gasteiger charge is -2.21. The Kier molecular flexibility index (Phi) is 5.11. The van der Waals surface area contributed by atoms with Crippen LogP contribution >= 0.6 is 0 Å². The van der Waals surface area contributed by atoms with E-state index in [9.17, 15) is 4.79 Å². The minimum Gasteiger partial charge on any atom is -0.477 e. The van der Waals surface area contributed by atoms with E-state index in [0.717, 1.165) is 26.1 Å². The maximum absolute atomic E-state index is 11.4. The largest absolute Gasteiger partial charge is 0.477 e. The third-order valence-corrected chi connectivity index (χ3v) is 3.00. The van der Waals surface area contributed by atoms with Crippen molar-refractivity contribution < 1.29 is 19.1 Å². The van der Waals surface area contributed by atoms with Gasteiger partial charge in [0.15, 0.2) is 0 Å². The highest BCUT2D eigenvalue weighted by Crippen LogP contribution is 2.16. The summed E-state index contributed by atoms with van der Waals surface area (Å²) in [5.74, 6) is 0.721. The molecule has 0 radical (unpaired) electrons. The van der Waals surface area contributed by atoms with Gasteiger partial charge in [-0.3, -0.25) is 9.63 Å². The third kappa shape index (κ3) is 4.18. The van der Waals surface area contributed by atoms with E-state index in [2.05, 4.69) is 15.3 Å². The van der Waals surface area contributed by atoms with Crippen LogP contribution in [0.25, 0.3) is 0 Å². The normalized spacial score (nSPS) is 16.1. The molecule has 0 bridgehead atoms. The molecule has 2 heterocycles. The van der Waals surface area contributed by atoms with Gasteiger partial charge >= 0.3 is 0 Å². The molecule has 104 valence electrons. The van der Waals surface area contributed by atoms with Gasteiger partial charge in [-0.15, -0.1) is 0 Å². The molecule has 0 unspecified atom stereocenters. The lowest BCUT2D eigenvalue weighted by molar-refractivity contribution is 0.0489. The zero-order chi connectivity index (χ0) is 13.5. The summed E-state index contributed by atoms with van der Waals surface area (Å²) in [6.07, 6.45) is 3.51. The van der Waals surface area contributed by atoms with Crippen LogP contribution in [0.1, 0.15) is 23.2 Å². The van der Waals surface area contributed by atoms with Crippen LogP contribution in [0.2, 0.25) is 0 Å². The average molecular weight is 266 g/mol. The van der Waals surface area contributed by atoms with E-state index in [0.29, 0.717) is 24.0 Å². The van der Waals surface area contributed by atoms with E-state index in [1.54, 1.807) is 12.1 Å². The van der Waals surface area contributed by atoms with E-state index in [4.69, 9.17) is 9.47 Å². The van der Waals surface area contributed by atoms with Crippen LogP contribution in [-0.2, 0) is 9.57 Å². The fraction of sp³-hybridized carbons (Fsp3) is 0.538. The molecule has 19 heavy (non-hydrogen) atoms. The van der Waals surface area contributed by atoms with Crippen LogP contribution in [-0.4, -0.2) is 37.8 Å². The van der Waals surface area contributed by atoms with Gasteiger partial charge in [-0.05, 0) is 24.8 Å². The molecule has 6 nitrogen and oxygen atoms in total. The predicted octanol–water partition coefficient (Wildman–Crippen LogP) is 1.18. The Bertz CT molecular complexity index is 402. The molecule has 1 N–H and O–H groups in total. The topological polar surface area (TPSA) is 69.7 Å². The summed E-state index contributed by atoms with van der Waals surface area (Å²) in [4.78, 5) is 20.1. The molecule has 2 rings (SSSR count). The van der Waals surface area contributed by atoms with Crippen molar-refractivity contribution >= 4 is 5.91 Å². The number of carbonyl (C=O) groups excluding carboxylic acids is 1. The van der Waals surface area contributed by atoms with E-state index in [-0.39, 0.29) is 5.91 Å². The smallest absolute Gasteiger partial charge is 0.276 e. The molecule has 0 aliphatic carbocycles. The first-order valence-electron chi connectivity index (χ1n) is 6.29. The van der Waals surface area contributed by atoms with Crippen LogP contribution in [0, 0.1) is 5.92 Å². The molecule has 1 amide bonds. The average Bonchev–Trinajstić information content (AvgIpc) is 2.47. The Hall–Kier alpha value is -1.66. The number of pyridine rings is 1. The van der Waals surface area contributed by atoms with Gasteiger partial charge in [0, 0.05) is 25.5 Å². The molecular weight excluding hydrogens is 248 g/mol. The molecule has 1 aliphatic rings. The summed E-state index contributed by atoms with van der Waals surface area (Å²) < 4.78 is 10.9. The Balaban J connectivity index is 1.82. The fourth-order valence-electron chi connectivity index (χ4n) is 1.87. The monoisotopic (exact) mass is 266 g/mol. The summed E-state index contributed by atoms with van der Waals surface area (Å²) in [5.41, 5.74) is 2.66. The molecule has 0 saturated carbocycles. The standard InChI is InChI=1S/C13H18N2O4/c1-17-15-13(16)11-2-3-12(14-8-11)19-9-10-4-6-18-7-5-10/h2-3,8,10H,4-7,9H2,1H3,(H,15,16). The number of nitrogens with one attached hydrogen (secondary N) is 1. The van der Waals surface area contributed by atoms with Crippen LogP contribution in [0.3, 0.4) is 0 Å². The number of aromatic nitrogens is 1. The highest BCUT2D eigenvalue weighted by atomic mass is 16.6. The second-order valence-electron chi connectivity index (χ2n) is 4.39. The molecule has 1 aromatic rings. The first-order chi connectivity index (χ1) is 9.29. The number of ether oxygens (including phenoxy) is 2. The molecule has 0 atom stereocenters. The van der Waals surface area contributed by atoms with E-state index < -0.39 is 0 Å². The first kappa shape index (κ1) is 13.8. The van der Waals surface area contributed by atoms with Gasteiger partial charge in [0.05, 0.1) is 19.3 Å². The molecule has 1 aromatic heterocycles. The molecule has 1 fully saturated rings. The van der Waals surface area contributed by atoms with Crippen LogP contribution in [0.5, 0.6) is 5.88 Å². The fourth-order valence-corrected chi connectivity index (χ4v) is 1.87. The highest BCUT2D eigenvalue weighted by molar-refractivity contribution is 5.93. The second kappa shape index (κ2) is 7.06. The number of hydrogen-bond acceptors (Lipinski definition) is 5. The van der Waals surface area contributed by atoms with E-state index in [1.165, 1.54) is 13.3 Å². The van der Waals surface area contributed by atoms with Crippen LogP contribution in [0.4, 0.5) is 0 Å². The van der Waals surface area contributed by atoms with Crippen molar-refractivity contribution in [3.63, 3.8) is 0 Å². The second-order valence-corrected chi connectivity index (χ2v) is 4.39. The molecule has 1 aliphatic heterocycles. The number of hydroxylamine groups is 1. The third-order valence-electron chi connectivity index (χ3n) is 3.00. The zero-order valence-electron chi connectivity index (χ0n) is 10.9. The SMILES string of the molecule is CONC(=O)c1ccc(OCC2CCOCC2)nc1. The van der Waals surface area contributed by atoms with Crippen molar-refractivity contribution in [1.29, 1.82) is 0 Å². The Labute approximate surface area is 112 Å². The van der Waals surface area contributed by atoms with Gasteiger partial charge in [0.1, 0.15) is 0 Å². The molecule has 0 spiro atoms. The van der Waals surface area contributed by atoms with E-state index >= 15 is 0 Å². The van der Waals surface area contributed by atoms with Crippen molar-refractivity contribution in [3.8, 4) is 5.88 Å². The van der Waals surface area contributed by atoms with Gasteiger partial charge in [-0.2, -0.15) is 0 Å². The van der Waals surface area contributed by atoms with Crippen LogP contribution in [0.15, 0.2) is 18.3 Å². The van der Waals surface area contributed by atoms with Crippen molar-refractivity contribution in [2.75, 3.05) is 26.9 Å². The summed E-state index contributed by atoms with van der Waals surface area (Å²) in [5, 5.41) is 0. The summed E-state index contributed by atoms with van der Waals surface area (Å²) in [6.45, 7) is 2.25. The molecule has 6 heteroatoms. The molecule has 1 saturated heterocycles. The van der Waals surface area contributed by atoms with Crippen molar-refractivity contribution in [1.82, 2.24) is 10.5 Å². The van der Waals surface area contributed by atoms with Gasteiger partial charge in [-0.25, -0.2) is 10.5 Å². The lowest BCUT2D eigenvalue weighted by atomic mass is 10.0. The molecular formula is C13H18N2O4. The number of amides is 1. The van der Waals surface area contributed by atoms with Crippen molar-refractivity contribution in [2.24, 2.45) is 5.92 Å². The number of nitrogens with zero attached hydrogens (tertiary/aromatic N) is 1. The maximum atomic E-state index is 11.4. The number of carbonyl (C=O) groups is 1. The highest BCUT2D eigenvalue weighted by Gasteiger charge is 2.14. The predicted molar refractivity (Wildman–Crippen MR) is 67.8 cm³/mol. The minimum atomic E-state index is -0.328. The van der Waals surface area contributed by atoms with Gasteiger partial charge < -0.3 is 9.47 Å². The Morgan fingerprint density at radius 3 is 2.89 bits per heavy atom. The summed E-state index contributed by atoms with van der Waals surface area (Å²) in [6, 6.07) is 3.34. The lowest BCUT2D eigenvalue weighted by Crippen LogP contribution is -2.22. The van der Waals surface area contributed by atoms with Crippen LogP contribution < -0.4 is 10.2 Å². The zero-order valence-corrected chi connectivity index (χ0v) is 10.9. The van der Waals surface area contributed by atoms with Crippen molar-refractivity contribution in [3.05, 3.63) is 23.9 Å². The maximum Gasteiger partial charge on any atom is 0.276 e. The van der Waals surface area contributed by atoms with E-state index in [1.807, 2.05) is 0 Å². The quantitative estimate of drug-likeness (QED) is 0.810. The first-order valence-corrected chi connectivity index (χ1v) is 6.29. The Morgan fingerprint density at radius 1 is 1.47 bits per heavy atom. The summed E-state index contributed by atoms with van der Waals surface area (Å²) >= 11 is 0. The number of rotatable bonds is 5. The minimum absolute atomic E-state index is 0.328. The van der Waals surface area contributed by atoms with Gasteiger partial charge in [0.2, 0.25) is 5.88 Å².